The number of oxime groups is 1. The van der Waals surface area contributed by atoms with Crippen molar-refractivity contribution in [2.24, 2.45) is 10.9 Å². The van der Waals surface area contributed by atoms with Gasteiger partial charge in [0, 0.05) is 10.6 Å². The van der Waals surface area contributed by atoms with Gasteiger partial charge in [0.2, 0.25) is 0 Å². The van der Waals surface area contributed by atoms with Crippen molar-refractivity contribution >= 4 is 29.2 Å². The Kier molecular flexibility index (Phi) is 5.78. The smallest absolute Gasteiger partial charge is 0.175 e. The summed E-state index contributed by atoms with van der Waals surface area (Å²) in [5.74, 6) is 1.23. The second-order valence-corrected chi connectivity index (χ2v) is 5.68. The average Bonchev–Trinajstić information content (AvgIpc) is 2.52. The van der Waals surface area contributed by atoms with Crippen molar-refractivity contribution in [2.75, 3.05) is 12.4 Å². The highest BCUT2D eigenvalue weighted by atomic mass is 35.5. The summed E-state index contributed by atoms with van der Waals surface area (Å²) in [6, 6.07) is 15.2. The van der Waals surface area contributed by atoms with Crippen molar-refractivity contribution in [1.29, 1.82) is 0 Å². The van der Waals surface area contributed by atoms with Gasteiger partial charge >= 0.3 is 0 Å². The third-order valence-corrected chi connectivity index (χ3v) is 3.98. The highest BCUT2D eigenvalue weighted by molar-refractivity contribution is 7.99. The van der Waals surface area contributed by atoms with Gasteiger partial charge in [-0.15, -0.1) is 11.8 Å². The molecule has 2 aromatic carbocycles. The molecule has 0 aliphatic heterocycles. The van der Waals surface area contributed by atoms with Gasteiger partial charge in [0.1, 0.15) is 5.75 Å². The third kappa shape index (κ3) is 4.31. The summed E-state index contributed by atoms with van der Waals surface area (Å²) in [4.78, 5) is 1.18. The first-order chi connectivity index (χ1) is 10.2. The van der Waals surface area contributed by atoms with E-state index in [4.69, 9.17) is 27.3 Å². The van der Waals surface area contributed by atoms with Crippen molar-refractivity contribution < 1.29 is 9.94 Å². The molecule has 0 bridgehead atoms. The molecule has 2 aromatic rings. The summed E-state index contributed by atoms with van der Waals surface area (Å²) in [5.41, 5.74) is 6.03. The maximum absolute atomic E-state index is 8.80. The number of benzene rings is 2. The van der Waals surface area contributed by atoms with Gasteiger partial charge in [-0.1, -0.05) is 41.0 Å². The minimum Gasteiger partial charge on any atom is -0.492 e. The largest absolute Gasteiger partial charge is 0.492 e. The van der Waals surface area contributed by atoms with E-state index in [1.807, 2.05) is 30.3 Å². The molecule has 4 nitrogen and oxygen atoms in total. The minimum atomic E-state index is -0.0636. The molecule has 0 radical (unpaired) electrons. The maximum Gasteiger partial charge on any atom is 0.175 e. The predicted molar refractivity (Wildman–Crippen MR) is 86.6 cm³/mol. The fourth-order valence-electron chi connectivity index (χ4n) is 1.75. The standard InChI is InChI=1S/C15H15ClN2O2S/c16-12-7-4-8-13(14(12)15(17)18-19)20-9-10-21-11-5-2-1-3-6-11/h1-8,19H,9-10H2,(H2,17,18). The summed E-state index contributed by atoms with van der Waals surface area (Å²) >= 11 is 7.75. The Morgan fingerprint density at radius 2 is 1.95 bits per heavy atom. The average molecular weight is 323 g/mol. The quantitative estimate of drug-likeness (QED) is 0.213. The monoisotopic (exact) mass is 322 g/mol. The maximum atomic E-state index is 8.80. The van der Waals surface area contributed by atoms with Gasteiger partial charge in [0.25, 0.3) is 0 Å². The zero-order valence-corrected chi connectivity index (χ0v) is 12.8. The van der Waals surface area contributed by atoms with Crippen LogP contribution < -0.4 is 10.5 Å². The molecule has 2 rings (SSSR count). The van der Waals surface area contributed by atoms with Gasteiger partial charge < -0.3 is 15.7 Å². The lowest BCUT2D eigenvalue weighted by Crippen LogP contribution is -2.16. The van der Waals surface area contributed by atoms with Crippen LogP contribution in [0.5, 0.6) is 5.75 Å². The number of rotatable bonds is 6. The van der Waals surface area contributed by atoms with Crippen molar-refractivity contribution in [3.63, 3.8) is 0 Å². The van der Waals surface area contributed by atoms with E-state index >= 15 is 0 Å². The highest BCUT2D eigenvalue weighted by Gasteiger charge is 2.12. The van der Waals surface area contributed by atoms with Crippen LogP contribution >= 0.6 is 23.4 Å². The molecular weight excluding hydrogens is 308 g/mol. The molecule has 0 spiro atoms. The third-order valence-electron chi connectivity index (χ3n) is 2.69. The number of ether oxygens (including phenoxy) is 1. The molecule has 21 heavy (non-hydrogen) atoms. The predicted octanol–water partition coefficient (Wildman–Crippen LogP) is 3.61. The molecule has 0 fully saturated rings. The van der Waals surface area contributed by atoms with Crippen LogP contribution in [0.1, 0.15) is 5.56 Å². The van der Waals surface area contributed by atoms with Crippen molar-refractivity contribution in [2.45, 2.75) is 4.90 Å². The summed E-state index contributed by atoms with van der Waals surface area (Å²) in [6.45, 7) is 0.492. The Labute approximate surface area is 132 Å². The van der Waals surface area contributed by atoms with Crippen LogP contribution in [-0.2, 0) is 0 Å². The van der Waals surface area contributed by atoms with Crippen LogP contribution in [0, 0.1) is 0 Å². The van der Waals surface area contributed by atoms with E-state index < -0.39 is 0 Å². The Morgan fingerprint density at radius 1 is 1.19 bits per heavy atom. The van der Waals surface area contributed by atoms with Crippen LogP contribution in [0.2, 0.25) is 5.02 Å². The van der Waals surface area contributed by atoms with Gasteiger partial charge in [-0.05, 0) is 24.3 Å². The topological polar surface area (TPSA) is 67.8 Å². The van der Waals surface area contributed by atoms with Crippen molar-refractivity contribution in [1.82, 2.24) is 0 Å². The fraction of sp³-hybridized carbons (Fsp3) is 0.133. The van der Waals surface area contributed by atoms with Crippen LogP contribution in [0.3, 0.4) is 0 Å². The first-order valence-corrected chi connectivity index (χ1v) is 7.66. The molecular formula is C15H15ClN2O2S. The van der Waals surface area contributed by atoms with E-state index in [0.717, 1.165) is 5.75 Å². The first-order valence-electron chi connectivity index (χ1n) is 6.29. The summed E-state index contributed by atoms with van der Waals surface area (Å²) in [7, 11) is 0. The van der Waals surface area contributed by atoms with E-state index in [2.05, 4.69) is 5.16 Å². The summed E-state index contributed by atoms with van der Waals surface area (Å²) < 4.78 is 5.69. The summed E-state index contributed by atoms with van der Waals surface area (Å²) in [5, 5.41) is 12.2. The van der Waals surface area contributed by atoms with E-state index in [1.54, 1.807) is 30.0 Å². The molecule has 0 aliphatic rings. The SMILES string of the molecule is N/C(=N/O)c1c(Cl)cccc1OCCSc1ccccc1. The molecule has 0 saturated carbocycles. The van der Waals surface area contributed by atoms with Crippen LogP contribution in [0.25, 0.3) is 0 Å². The lowest BCUT2D eigenvalue weighted by Gasteiger charge is -2.11. The van der Waals surface area contributed by atoms with E-state index in [1.165, 1.54) is 4.90 Å². The molecule has 0 amide bonds. The molecule has 6 heteroatoms. The van der Waals surface area contributed by atoms with E-state index in [9.17, 15) is 0 Å². The molecule has 0 aromatic heterocycles. The molecule has 110 valence electrons. The van der Waals surface area contributed by atoms with Gasteiger partial charge in [-0.25, -0.2) is 0 Å². The number of hydrogen-bond donors (Lipinski definition) is 2. The van der Waals surface area contributed by atoms with Gasteiger partial charge in [0.05, 0.1) is 17.2 Å². The minimum absolute atomic E-state index is 0.0636. The first kappa shape index (κ1) is 15.5. The van der Waals surface area contributed by atoms with Crippen molar-refractivity contribution in [3.8, 4) is 5.75 Å². The zero-order valence-electron chi connectivity index (χ0n) is 11.2. The number of nitrogens with zero attached hydrogens (tertiary/aromatic N) is 1. The molecule has 3 N–H and O–H groups in total. The molecule has 0 heterocycles. The van der Waals surface area contributed by atoms with Gasteiger partial charge in [-0.3, -0.25) is 0 Å². The number of amidine groups is 1. The van der Waals surface area contributed by atoms with Gasteiger partial charge in [-0.2, -0.15) is 0 Å². The molecule has 0 unspecified atom stereocenters. The lowest BCUT2D eigenvalue weighted by atomic mass is 10.2. The number of halogens is 1. The molecule has 0 saturated heterocycles. The van der Waals surface area contributed by atoms with Crippen LogP contribution in [0.15, 0.2) is 58.6 Å². The molecule has 0 aliphatic carbocycles. The lowest BCUT2D eigenvalue weighted by molar-refractivity contribution is 0.317. The summed E-state index contributed by atoms with van der Waals surface area (Å²) in [6.07, 6.45) is 0. The number of nitrogens with two attached hydrogens (primary N) is 1. The Balaban J connectivity index is 1.96. The van der Waals surface area contributed by atoms with E-state index in [0.29, 0.717) is 22.9 Å². The van der Waals surface area contributed by atoms with Crippen LogP contribution in [-0.4, -0.2) is 23.4 Å². The van der Waals surface area contributed by atoms with E-state index in [-0.39, 0.29) is 5.84 Å². The second kappa shape index (κ2) is 7.81. The Bertz CT molecular complexity index is 620. The highest BCUT2D eigenvalue weighted by Crippen LogP contribution is 2.26. The van der Waals surface area contributed by atoms with Crippen LogP contribution in [0.4, 0.5) is 0 Å². The zero-order chi connectivity index (χ0) is 15.1. The van der Waals surface area contributed by atoms with Gasteiger partial charge in [0.15, 0.2) is 5.84 Å². The normalized spacial score (nSPS) is 11.4. The molecule has 0 atom stereocenters. The Hall–Kier alpha value is -1.85. The second-order valence-electron chi connectivity index (χ2n) is 4.11. The number of thioether (sulfide) groups is 1. The fourth-order valence-corrected chi connectivity index (χ4v) is 2.77. The Morgan fingerprint density at radius 3 is 2.67 bits per heavy atom. The number of hydrogen-bond acceptors (Lipinski definition) is 4. The van der Waals surface area contributed by atoms with Crippen molar-refractivity contribution in [3.05, 3.63) is 59.1 Å².